The van der Waals surface area contributed by atoms with Crippen molar-refractivity contribution in [1.29, 1.82) is 0 Å². The van der Waals surface area contributed by atoms with Crippen molar-refractivity contribution in [2.45, 2.75) is 6.61 Å². The molecule has 0 aliphatic heterocycles. The highest BCUT2D eigenvalue weighted by molar-refractivity contribution is 6.34. The molecule has 0 atom stereocenters. The molecule has 3 N–H and O–H groups in total. The van der Waals surface area contributed by atoms with Gasteiger partial charge in [0, 0.05) is 0 Å². The van der Waals surface area contributed by atoms with Crippen LogP contribution in [-0.4, -0.2) is 25.1 Å². The molecule has 0 unspecified atom stereocenters. The maximum absolute atomic E-state index is 11.0. The van der Waals surface area contributed by atoms with Crippen molar-refractivity contribution in [1.82, 2.24) is 5.43 Å². The molecule has 7 nitrogen and oxygen atoms in total. The van der Waals surface area contributed by atoms with Gasteiger partial charge in [0.05, 0.1) is 13.3 Å². The molecule has 2 aromatic carbocycles. The second kappa shape index (κ2) is 8.33. The van der Waals surface area contributed by atoms with Gasteiger partial charge in [0.2, 0.25) is 0 Å². The zero-order valence-corrected chi connectivity index (χ0v) is 13.1. The number of methoxy groups -OCH3 is 1. The summed E-state index contributed by atoms with van der Waals surface area (Å²) >= 11 is 0. The summed E-state index contributed by atoms with van der Waals surface area (Å²) in [6.07, 6.45) is 1.37. The SMILES string of the molecule is COc1cc(/C=N/NC(=O)C(N)=O)ccc1OCc1ccccc1. The molecule has 2 amide bonds. The van der Waals surface area contributed by atoms with E-state index >= 15 is 0 Å². The van der Waals surface area contributed by atoms with Crippen molar-refractivity contribution in [2.24, 2.45) is 10.8 Å². The number of hydrazone groups is 1. The topological polar surface area (TPSA) is 103 Å². The Morgan fingerprint density at radius 2 is 1.92 bits per heavy atom. The normalized spacial score (nSPS) is 10.4. The van der Waals surface area contributed by atoms with Crippen LogP contribution in [0.15, 0.2) is 53.6 Å². The number of hydrogen-bond acceptors (Lipinski definition) is 5. The van der Waals surface area contributed by atoms with E-state index in [1.165, 1.54) is 13.3 Å². The summed E-state index contributed by atoms with van der Waals surface area (Å²) < 4.78 is 11.0. The summed E-state index contributed by atoms with van der Waals surface area (Å²) in [5.41, 5.74) is 8.51. The third kappa shape index (κ3) is 4.84. The first-order valence-corrected chi connectivity index (χ1v) is 7.07. The minimum Gasteiger partial charge on any atom is -0.493 e. The highest BCUT2D eigenvalue weighted by Crippen LogP contribution is 2.28. The number of primary amides is 1. The molecular weight excluding hydrogens is 310 g/mol. The van der Waals surface area contributed by atoms with Gasteiger partial charge < -0.3 is 15.2 Å². The third-order valence-electron chi connectivity index (χ3n) is 3.03. The summed E-state index contributed by atoms with van der Waals surface area (Å²) in [5, 5.41) is 3.64. The molecule has 0 aliphatic rings. The van der Waals surface area contributed by atoms with Crippen LogP contribution in [0, 0.1) is 0 Å². The van der Waals surface area contributed by atoms with Gasteiger partial charge in [-0.15, -0.1) is 0 Å². The minimum atomic E-state index is -1.10. The van der Waals surface area contributed by atoms with Crippen LogP contribution in [0.5, 0.6) is 11.5 Å². The summed E-state index contributed by atoms with van der Waals surface area (Å²) in [6, 6.07) is 14.9. The number of nitrogens with zero attached hydrogens (tertiary/aromatic N) is 1. The van der Waals surface area contributed by atoms with Crippen molar-refractivity contribution in [3.05, 3.63) is 59.7 Å². The van der Waals surface area contributed by atoms with Crippen LogP contribution in [0.3, 0.4) is 0 Å². The van der Waals surface area contributed by atoms with Crippen molar-refractivity contribution in [2.75, 3.05) is 7.11 Å². The number of amides is 2. The van der Waals surface area contributed by atoms with E-state index in [0.717, 1.165) is 5.56 Å². The van der Waals surface area contributed by atoms with E-state index in [1.807, 2.05) is 35.8 Å². The molecule has 0 radical (unpaired) electrons. The number of ether oxygens (including phenoxy) is 2. The lowest BCUT2D eigenvalue weighted by Gasteiger charge is -2.11. The lowest BCUT2D eigenvalue weighted by Crippen LogP contribution is -2.32. The predicted octanol–water partition coefficient (Wildman–Crippen LogP) is 1.21. The number of carbonyl (C=O) groups excluding carboxylic acids is 2. The lowest BCUT2D eigenvalue weighted by atomic mass is 10.2. The first-order valence-electron chi connectivity index (χ1n) is 7.07. The van der Waals surface area contributed by atoms with Crippen molar-refractivity contribution in [3.63, 3.8) is 0 Å². The van der Waals surface area contributed by atoms with Gasteiger partial charge in [0.15, 0.2) is 11.5 Å². The molecule has 7 heteroatoms. The van der Waals surface area contributed by atoms with Gasteiger partial charge in [0.1, 0.15) is 6.61 Å². The summed E-state index contributed by atoms with van der Waals surface area (Å²) in [7, 11) is 1.53. The van der Waals surface area contributed by atoms with Gasteiger partial charge >= 0.3 is 11.8 Å². The van der Waals surface area contributed by atoms with E-state index < -0.39 is 11.8 Å². The van der Waals surface area contributed by atoms with Crippen molar-refractivity contribution in [3.8, 4) is 11.5 Å². The molecule has 2 rings (SSSR count). The standard InChI is InChI=1S/C17H17N3O4/c1-23-15-9-13(10-19-20-17(22)16(18)21)7-8-14(15)24-11-12-5-3-2-4-6-12/h2-10H,11H2,1H3,(H2,18,21)(H,20,22)/b19-10+. The fourth-order valence-corrected chi connectivity index (χ4v) is 1.84. The molecule has 2 aromatic rings. The predicted molar refractivity (Wildman–Crippen MR) is 88.7 cm³/mol. The molecule has 24 heavy (non-hydrogen) atoms. The van der Waals surface area contributed by atoms with E-state index in [1.54, 1.807) is 18.2 Å². The third-order valence-corrected chi connectivity index (χ3v) is 3.03. The summed E-state index contributed by atoms with van der Waals surface area (Å²) in [6.45, 7) is 0.416. The highest BCUT2D eigenvalue weighted by Gasteiger charge is 2.07. The van der Waals surface area contributed by atoms with Crippen molar-refractivity contribution >= 4 is 18.0 Å². The Balaban J connectivity index is 2.03. The Morgan fingerprint density at radius 3 is 2.58 bits per heavy atom. The second-order valence-corrected chi connectivity index (χ2v) is 4.75. The molecule has 0 fully saturated rings. The molecule has 124 valence electrons. The maximum atomic E-state index is 11.0. The average Bonchev–Trinajstić information content (AvgIpc) is 2.61. The molecular formula is C17H17N3O4. The Bertz CT molecular complexity index is 745. The monoisotopic (exact) mass is 327 g/mol. The van der Waals surface area contributed by atoms with Gasteiger partial charge in [-0.2, -0.15) is 5.10 Å². The fraction of sp³-hybridized carbons (Fsp3) is 0.118. The zero-order valence-electron chi connectivity index (χ0n) is 13.1. The first kappa shape index (κ1) is 17.0. The van der Waals surface area contributed by atoms with Crippen LogP contribution in [-0.2, 0) is 16.2 Å². The van der Waals surface area contributed by atoms with Crippen LogP contribution in [0.1, 0.15) is 11.1 Å². The first-order chi connectivity index (χ1) is 11.6. The number of rotatable bonds is 6. The fourth-order valence-electron chi connectivity index (χ4n) is 1.84. The van der Waals surface area contributed by atoms with E-state index in [2.05, 4.69) is 5.10 Å². The zero-order chi connectivity index (χ0) is 17.4. The van der Waals surface area contributed by atoms with E-state index in [0.29, 0.717) is 23.7 Å². The largest absolute Gasteiger partial charge is 0.493 e. The smallest absolute Gasteiger partial charge is 0.329 e. The van der Waals surface area contributed by atoms with E-state index in [9.17, 15) is 9.59 Å². The molecule has 0 spiro atoms. The lowest BCUT2D eigenvalue weighted by molar-refractivity contribution is -0.137. The van der Waals surface area contributed by atoms with Gasteiger partial charge in [-0.1, -0.05) is 30.3 Å². The number of nitrogens with two attached hydrogens (primary N) is 1. The van der Waals surface area contributed by atoms with Crippen molar-refractivity contribution < 1.29 is 19.1 Å². The Hall–Kier alpha value is -3.35. The molecule has 0 heterocycles. The number of hydrogen-bond donors (Lipinski definition) is 2. The molecule has 0 aromatic heterocycles. The van der Waals surface area contributed by atoms with Gasteiger partial charge in [-0.3, -0.25) is 9.59 Å². The average molecular weight is 327 g/mol. The van der Waals surface area contributed by atoms with Crippen LogP contribution in [0.2, 0.25) is 0 Å². The van der Waals surface area contributed by atoms with E-state index in [4.69, 9.17) is 15.2 Å². The summed E-state index contributed by atoms with van der Waals surface area (Å²) in [5.74, 6) is -0.980. The highest BCUT2D eigenvalue weighted by atomic mass is 16.5. The van der Waals surface area contributed by atoms with Gasteiger partial charge in [-0.25, -0.2) is 5.43 Å². The second-order valence-electron chi connectivity index (χ2n) is 4.75. The molecule has 0 bridgehead atoms. The summed E-state index contributed by atoms with van der Waals surface area (Å²) in [4.78, 5) is 21.6. The van der Waals surface area contributed by atoms with Crippen LogP contribution >= 0.6 is 0 Å². The number of nitrogens with one attached hydrogen (secondary N) is 1. The number of carbonyl (C=O) groups is 2. The van der Waals surface area contributed by atoms with Crippen LogP contribution < -0.4 is 20.6 Å². The Kier molecular flexibility index (Phi) is 5.90. The molecule has 0 saturated heterocycles. The van der Waals surface area contributed by atoms with E-state index in [-0.39, 0.29) is 0 Å². The number of benzene rings is 2. The maximum Gasteiger partial charge on any atom is 0.329 e. The van der Waals surface area contributed by atoms with Gasteiger partial charge in [0.25, 0.3) is 0 Å². The minimum absolute atomic E-state index is 0.416. The van der Waals surface area contributed by atoms with Gasteiger partial charge in [-0.05, 0) is 29.3 Å². The molecule has 0 aliphatic carbocycles. The van der Waals surface area contributed by atoms with Crippen LogP contribution in [0.4, 0.5) is 0 Å². The quantitative estimate of drug-likeness (QED) is 0.473. The molecule has 0 saturated carbocycles. The Morgan fingerprint density at radius 1 is 1.17 bits per heavy atom. The Labute approximate surface area is 139 Å². The van der Waals surface area contributed by atoms with Crippen LogP contribution in [0.25, 0.3) is 0 Å².